The van der Waals surface area contributed by atoms with Gasteiger partial charge in [-0.3, -0.25) is 4.79 Å². The summed E-state index contributed by atoms with van der Waals surface area (Å²) in [6.45, 7) is 2.08. The largest absolute Gasteiger partial charge is 0.364 e. The van der Waals surface area contributed by atoms with E-state index in [1.807, 2.05) is 11.4 Å². The van der Waals surface area contributed by atoms with Gasteiger partial charge in [-0.2, -0.15) is 0 Å². The first-order valence-corrected chi connectivity index (χ1v) is 6.77. The van der Waals surface area contributed by atoms with Crippen molar-refractivity contribution in [2.45, 2.75) is 6.92 Å². The molecule has 3 rings (SSSR count). The van der Waals surface area contributed by atoms with E-state index in [0.717, 1.165) is 16.6 Å². The molecule has 2 aromatic carbocycles. The summed E-state index contributed by atoms with van der Waals surface area (Å²) in [5.74, 6) is -0.479. The predicted molar refractivity (Wildman–Crippen MR) is 78.3 cm³/mol. The zero-order valence-corrected chi connectivity index (χ0v) is 11.2. The van der Waals surface area contributed by atoms with Gasteiger partial charge in [-0.1, -0.05) is 35.9 Å². The molecule has 3 aromatic rings. The van der Waals surface area contributed by atoms with Crippen molar-refractivity contribution in [1.82, 2.24) is 4.98 Å². The number of thiazole rings is 1. The molecule has 0 saturated carbocycles. The second kappa shape index (κ2) is 4.48. The summed E-state index contributed by atoms with van der Waals surface area (Å²) in [5, 5.41) is 4.57. The smallest absolute Gasteiger partial charge is 0.277 e. The van der Waals surface area contributed by atoms with Crippen LogP contribution in [-0.2, 0) is 0 Å². The lowest BCUT2D eigenvalue weighted by molar-refractivity contribution is 0.1000. The molecule has 0 fully saturated rings. The Morgan fingerprint density at radius 2 is 1.89 bits per heavy atom. The molecule has 19 heavy (non-hydrogen) atoms. The fraction of sp³-hybridized carbons (Fsp3) is 0.0667. The average Bonchev–Trinajstić information content (AvgIpc) is 2.88. The van der Waals surface area contributed by atoms with Crippen LogP contribution in [0.5, 0.6) is 0 Å². The highest BCUT2D eigenvalue weighted by molar-refractivity contribution is 7.12. The monoisotopic (exact) mass is 268 g/mol. The standard InChI is InChI=1S/C15H12N2OS/c1-9-2-3-11-7-12(5-4-10(11)6-9)13-8-19-15(17-13)14(16)18/h2-8H,1H3,(H2,16,18). The molecule has 0 aliphatic heterocycles. The van der Waals surface area contributed by atoms with E-state index in [1.54, 1.807) is 0 Å². The van der Waals surface area contributed by atoms with Crippen LogP contribution in [0, 0.1) is 6.92 Å². The van der Waals surface area contributed by atoms with E-state index in [1.165, 1.54) is 22.3 Å². The molecular formula is C15H12N2OS. The molecule has 0 aliphatic rings. The number of carbonyl (C=O) groups is 1. The highest BCUT2D eigenvalue weighted by Gasteiger charge is 2.09. The van der Waals surface area contributed by atoms with Crippen LogP contribution < -0.4 is 5.73 Å². The number of benzene rings is 2. The Hall–Kier alpha value is -2.20. The number of hydrogen-bond acceptors (Lipinski definition) is 3. The summed E-state index contributed by atoms with van der Waals surface area (Å²) in [6.07, 6.45) is 0. The number of primary amides is 1. The summed E-state index contributed by atoms with van der Waals surface area (Å²) >= 11 is 1.27. The summed E-state index contributed by atoms with van der Waals surface area (Å²) in [5.41, 5.74) is 8.25. The Morgan fingerprint density at radius 3 is 2.63 bits per heavy atom. The predicted octanol–water partition coefficient (Wildman–Crippen LogP) is 3.37. The molecule has 1 aromatic heterocycles. The van der Waals surface area contributed by atoms with E-state index < -0.39 is 5.91 Å². The molecule has 4 heteroatoms. The van der Waals surface area contributed by atoms with Crippen molar-refractivity contribution in [3.63, 3.8) is 0 Å². The van der Waals surface area contributed by atoms with Crippen LogP contribution >= 0.6 is 11.3 Å². The van der Waals surface area contributed by atoms with Gasteiger partial charge >= 0.3 is 0 Å². The van der Waals surface area contributed by atoms with Crippen molar-refractivity contribution in [2.24, 2.45) is 5.73 Å². The number of nitrogens with two attached hydrogens (primary N) is 1. The molecule has 0 saturated heterocycles. The molecule has 0 unspecified atom stereocenters. The lowest BCUT2D eigenvalue weighted by Crippen LogP contribution is -2.10. The third-order valence-electron chi connectivity index (χ3n) is 3.01. The number of fused-ring (bicyclic) bond motifs is 1. The van der Waals surface area contributed by atoms with Crippen LogP contribution in [0.15, 0.2) is 41.8 Å². The Balaban J connectivity index is 2.09. The first kappa shape index (κ1) is 11.9. The normalized spacial score (nSPS) is 10.8. The molecule has 0 aliphatic carbocycles. The van der Waals surface area contributed by atoms with Gasteiger partial charge in [-0.05, 0) is 23.8 Å². The molecular weight excluding hydrogens is 256 g/mol. The maximum Gasteiger partial charge on any atom is 0.277 e. The third kappa shape index (κ3) is 2.22. The minimum absolute atomic E-state index is 0.346. The zero-order chi connectivity index (χ0) is 13.4. The van der Waals surface area contributed by atoms with Crippen LogP contribution in [0.1, 0.15) is 15.4 Å². The van der Waals surface area contributed by atoms with Gasteiger partial charge in [0.05, 0.1) is 5.69 Å². The van der Waals surface area contributed by atoms with Gasteiger partial charge in [-0.25, -0.2) is 4.98 Å². The van der Waals surface area contributed by atoms with Gasteiger partial charge in [0, 0.05) is 10.9 Å². The highest BCUT2D eigenvalue weighted by atomic mass is 32.1. The summed E-state index contributed by atoms with van der Waals surface area (Å²) < 4.78 is 0. The van der Waals surface area contributed by atoms with Gasteiger partial charge in [0.15, 0.2) is 5.01 Å². The molecule has 3 nitrogen and oxygen atoms in total. The van der Waals surface area contributed by atoms with E-state index >= 15 is 0 Å². The summed E-state index contributed by atoms with van der Waals surface area (Å²) in [6, 6.07) is 12.5. The van der Waals surface area contributed by atoms with Gasteiger partial charge in [-0.15, -0.1) is 11.3 Å². The van der Waals surface area contributed by atoms with Crippen molar-refractivity contribution in [3.05, 3.63) is 52.3 Å². The molecule has 94 valence electrons. The molecule has 0 radical (unpaired) electrons. The Kier molecular flexibility index (Phi) is 2.80. The Labute approximate surface area is 114 Å². The van der Waals surface area contributed by atoms with E-state index in [2.05, 4.69) is 42.2 Å². The maximum absolute atomic E-state index is 11.1. The zero-order valence-electron chi connectivity index (χ0n) is 10.4. The average molecular weight is 268 g/mol. The van der Waals surface area contributed by atoms with Crippen molar-refractivity contribution in [3.8, 4) is 11.3 Å². The van der Waals surface area contributed by atoms with Crippen molar-refractivity contribution in [1.29, 1.82) is 0 Å². The molecule has 1 heterocycles. The number of nitrogens with zero attached hydrogens (tertiary/aromatic N) is 1. The number of rotatable bonds is 2. The molecule has 0 atom stereocenters. The number of aromatic nitrogens is 1. The number of carbonyl (C=O) groups excluding carboxylic acids is 1. The van der Waals surface area contributed by atoms with Crippen LogP contribution in [0.4, 0.5) is 0 Å². The highest BCUT2D eigenvalue weighted by Crippen LogP contribution is 2.26. The van der Waals surface area contributed by atoms with Crippen molar-refractivity contribution in [2.75, 3.05) is 0 Å². The van der Waals surface area contributed by atoms with E-state index in [9.17, 15) is 4.79 Å². The second-order valence-electron chi connectivity index (χ2n) is 4.47. The van der Waals surface area contributed by atoms with Crippen molar-refractivity contribution >= 4 is 28.0 Å². The summed E-state index contributed by atoms with van der Waals surface area (Å²) in [7, 11) is 0. The lowest BCUT2D eigenvalue weighted by atomic mass is 10.0. The molecule has 2 N–H and O–H groups in total. The Bertz CT molecular complexity index is 777. The molecule has 0 spiro atoms. The quantitative estimate of drug-likeness (QED) is 0.774. The summed E-state index contributed by atoms with van der Waals surface area (Å²) in [4.78, 5) is 15.3. The third-order valence-corrected chi connectivity index (χ3v) is 3.86. The number of hydrogen-bond donors (Lipinski definition) is 1. The maximum atomic E-state index is 11.1. The minimum atomic E-state index is -0.479. The van der Waals surface area contributed by atoms with Gasteiger partial charge in [0.25, 0.3) is 5.91 Å². The molecule has 0 bridgehead atoms. The van der Waals surface area contributed by atoms with E-state index in [-0.39, 0.29) is 0 Å². The lowest BCUT2D eigenvalue weighted by Gasteiger charge is -2.02. The van der Waals surface area contributed by atoms with Crippen molar-refractivity contribution < 1.29 is 4.79 Å². The first-order valence-electron chi connectivity index (χ1n) is 5.89. The van der Waals surface area contributed by atoms with Crippen LogP contribution in [0.25, 0.3) is 22.0 Å². The topological polar surface area (TPSA) is 56.0 Å². The van der Waals surface area contributed by atoms with Crippen LogP contribution in [0.2, 0.25) is 0 Å². The van der Waals surface area contributed by atoms with Crippen LogP contribution in [0.3, 0.4) is 0 Å². The van der Waals surface area contributed by atoms with E-state index in [4.69, 9.17) is 5.73 Å². The number of amides is 1. The second-order valence-corrected chi connectivity index (χ2v) is 5.33. The van der Waals surface area contributed by atoms with E-state index in [0.29, 0.717) is 5.01 Å². The fourth-order valence-corrected chi connectivity index (χ4v) is 2.72. The van der Waals surface area contributed by atoms with Gasteiger partial charge < -0.3 is 5.73 Å². The van der Waals surface area contributed by atoms with Gasteiger partial charge in [0.2, 0.25) is 0 Å². The Morgan fingerprint density at radius 1 is 1.16 bits per heavy atom. The fourth-order valence-electron chi connectivity index (χ4n) is 2.04. The SMILES string of the molecule is Cc1ccc2cc(-c3csc(C(N)=O)n3)ccc2c1. The van der Waals surface area contributed by atoms with Crippen LogP contribution in [-0.4, -0.2) is 10.9 Å². The first-order chi connectivity index (χ1) is 9.13. The molecule has 1 amide bonds. The minimum Gasteiger partial charge on any atom is -0.364 e. The number of aryl methyl sites for hydroxylation is 1. The van der Waals surface area contributed by atoms with Gasteiger partial charge in [0.1, 0.15) is 0 Å².